The summed E-state index contributed by atoms with van der Waals surface area (Å²) in [4.78, 5) is 14.2. The Bertz CT molecular complexity index is 575. The molecule has 0 spiro atoms. The van der Waals surface area contributed by atoms with Crippen molar-refractivity contribution in [1.29, 1.82) is 0 Å². The van der Waals surface area contributed by atoms with E-state index in [0.717, 1.165) is 22.2 Å². The fraction of sp³-hybridized carbons (Fsp3) is 0.154. The highest BCUT2D eigenvalue weighted by atomic mass is 127. The van der Waals surface area contributed by atoms with Crippen molar-refractivity contribution in [3.63, 3.8) is 0 Å². The quantitative estimate of drug-likeness (QED) is 0.499. The van der Waals surface area contributed by atoms with Crippen molar-refractivity contribution in [2.45, 2.75) is 6.42 Å². The van der Waals surface area contributed by atoms with E-state index in [1.165, 1.54) is 11.6 Å². The molecule has 1 heterocycles. The molecule has 0 fully saturated rings. The molecule has 0 aliphatic carbocycles. The number of hydrogen-bond acceptors (Lipinski definition) is 4. The second kappa shape index (κ2) is 6.46. The first-order valence-corrected chi connectivity index (χ1v) is 6.81. The number of nitrogens with zero attached hydrogens (tertiary/aromatic N) is 2. The van der Waals surface area contributed by atoms with Gasteiger partial charge in [0.05, 0.1) is 4.92 Å². The van der Waals surface area contributed by atoms with Gasteiger partial charge in [-0.15, -0.1) is 0 Å². The molecule has 0 saturated heterocycles. The third kappa shape index (κ3) is 3.88. The SMILES string of the molecule is O=[N+]([O-])c1ccc(NCCc2ccncc2)c(I)c1. The number of nitro benzene ring substituents is 1. The predicted octanol–water partition coefficient (Wildman–Crippen LogP) is 3.25. The molecule has 0 aliphatic heterocycles. The van der Waals surface area contributed by atoms with Gasteiger partial charge < -0.3 is 5.32 Å². The van der Waals surface area contributed by atoms with E-state index in [-0.39, 0.29) is 10.6 Å². The van der Waals surface area contributed by atoms with Crippen LogP contribution in [0.25, 0.3) is 0 Å². The van der Waals surface area contributed by atoms with E-state index in [1.807, 2.05) is 12.1 Å². The van der Waals surface area contributed by atoms with Gasteiger partial charge in [-0.05, 0) is 52.8 Å². The van der Waals surface area contributed by atoms with Crippen molar-refractivity contribution in [3.05, 3.63) is 62.0 Å². The lowest BCUT2D eigenvalue weighted by atomic mass is 10.2. The number of halogens is 1. The minimum absolute atomic E-state index is 0.115. The van der Waals surface area contributed by atoms with E-state index in [2.05, 4.69) is 32.9 Å². The van der Waals surface area contributed by atoms with Gasteiger partial charge in [0.2, 0.25) is 0 Å². The molecule has 0 amide bonds. The van der Waals surface area contributed by atoms with Crippen molar-refractivity contribution in [1.82, 2.24) is 4.98 Å². The average Bonchev–Trinajstić information content (AvgIpc) is 2.41. The summed E-state index contributed by atoms with van der Waals surface area (Å²) >= 11 is 2.10. The molecule has 5 nitrogen and oxygen atoms in total. The molecule has 0 aliphatic rings. The van der Waals surface area contributed by atoms with Crippen LogP contribution in [0.2, 0.25) is 0 Å². The lowest BCUT2D eigenvalue weighted by molar-refractivity contribution is -0.384. The zero-order valence-electron chi connectivity index (χ0n) is 10.0. The molecule has 1 aromatic carbocycles. The van der Waals surface area contributed by atoms with E-state index in [9.17, 15) is 10.1 Å². The van der Waals surface area contributed by atoms with Crippen LogP contribution in [0, 0.1) is 13.7 Å². The van der Waals surface area contributed by atoms with Gasteiger partial charge in [0.15, 0.2) is 0 Å². The van der Waals surface area contributed by atoms with Gasteiger partial charge >= 0.3 is 0 Å². The Morgan fingerprint density at radius 3 is 2.63 bits per heavy atom. The van der Waals surface area contributed by atoms with E-state index in [4.69, 9.17) is 0 Å². The van der Waals surface area contributed by atoms with Crippen LogP contribution in [0.4, 0.5) is 11.4 Å². The standard InChI is InChI=1S/C13H12IN3O2/c14-12-9-11(17(18)19)1-2-13(12)16-8-5-10-3-6-15-7-4-10/h1-4,6-7,9,16H,5,8H2. The zero-order valence-corrected chi connectivity index (χ0v) is 12.2. The van der Waals surface area contributed by atoms with Crippen molar-refractivity contribution in [2.75, 3.05) is 11.9 Å². The molecule has 0 bridgehead atoms. The minimum atomic E-state index is -0.386. The monoisotopic (exact) mass is 369 g/mol. The summed E-state index contributed by atoms with van der Waals surface area (Å²) in [6.45, 7) is 0.776. The van der Waals surface area contributed by atoms with Crippen molar-refractivity contribution < 1.29 is 4.92 Å². The van der Waals surface area contributed by atoms with Crippen LogP contribution in [0.5, 0.6) is 0 Å². The maximum absolute atomic E-state index is 10.6. The third-order valence-electron chi connectivity index (χ3n) is 2.64. The molecule has 1 N–H and O–H groups in total. The van der Waals surface area contributed by atoms with Gasteiger partial charge in [0.25, 0.3) is 5.69 Å². The highest BCUT2D eigenvalue weighted by Gasteiger charge is 2.08. The summed E-state index contributed by atoms with van der Waals surface area (Å²) in [5.74, 6) is 0. The summed E-state index contributed by atoms with van der Waals surface area (Å²) in [5.41, 5.74) is 2.24. The summed E-state index contributed by atoms with van der Waals surface area (Å²) in [6.07, 6.45) is 4.42. The van der Waals surface area contributed by atoms with Crippen molar-refractivity contribution in [3.8, 4) is 0 Å². The molecule has 2 aromatic rings. The van der Waals surface area contributed by atoms with Crippen LogP contribution >= 0.6 is 22.6 Å². The molecule has 19 heavy (non-hydrogen) atoms. The van der Waals surface area contributed by atoms with Gasteiger partial charge in [0, 0.05) is 40.3 Å². The maximum atomic E-state index is 10.6. The molecule has 0 atom stereocenters. The Morgan fingerprint density at radius 2 is 2.00 bits per heavy atom. The van der Waals surface area contributed by atoms with E-state index >= 15 is 0 Å². The summed E-state index contributed by atoms with van der Waals surface area (Å²) in [7, 11) is 0. The van der Waals surface area contributed by atoms with Crippen LogP contribution in [0.1, 0.15) is 5.56 Å². The second-order valence-electron chi connectivity index (χ2n) is 3.95. The number of aromatic nitrogens is 1. The number of pyridine rings is 1. The number of benzene rings is 1. The summed E-state index contributed by atoms with van der Waals surface area (Å²) in [6, 6.07) is 8.77. The summed E-state index contributed by atoms with van der Waals surface area (Å²) < 4.78 is 0.849. The topological polar surface area (TPSA) is 68.1 Å². The third-order valence-corrected chi connectivity index (χ3v) is 3.53. The van der Waals surface area contributed by atoms with Gasteiger partial charge in [-0.25, -0.2) is 0 Å². The first-order chi connectivity index (χ1) is 9.16. The van der Waals surface area contributed by atoms with Gasteiger partial charge in [0.1, 0.15) is 0 Å². The zero-order chi connectivity index (χ0) is 13.7. The fourth-order valence-electron chi connectivity index (χ4n) is 1.65. The van der Waals surface area contributed by atoms with Crippen LogP contribution in [-0.4, -0.2) is 16.5 Å². The first kappa shape index (κ1) is 13.7. The Labute approximate surface area is 124 Å². The van der Waals surface area contributed by atoms with Crippen molar-refractivity contribution in [2.24, 2.45) is 0 Å². The van der Waals surface area contributed by atoms with E-state index < -0.39 is 0 Å². The molecule has 2 rings (SSSR count). The molecule has 0 radical (unpaired) electrons. The van der Waals surface area contributed by atoms with Gasteiger partial charge in [-0.3, -0.25) is 15.1 Å². The molecule has 0 unspecified atom stereocenters. The smallest absolute Gasteiger partial charge is 0.270 e. The molecule has 6 heteroatoms. The Kier molecular flexibility index (Phi) is 4.67. The number of hydrogen-bond donors (Lipinski definition) is 1. The number of anilines is 1. The number of nitro groups is 1. The van der Waals surface area contributed by atoms with Crippen LogP contribution in [-0.2, 0) is 6.42 Å². The Balaban J connectivity index is 1.95. The molecular weight excluding hydrogens is 357 g/mol. The van der Waals surface area contributed by atoms with Gasteiger partial charge in [-0.2, -0.15) is 0 Å². The number of non-ortho nitro benzene ring substituents is 1. The Morgan fingerprint density at radius 1 is 1.26 bits per heavy atom. The molecule has 0 saturated carbocycles. The lowest BCUT2D eigenvalue weighted by Gasteiger charge is -2.08. The normalized spacial score (nSPS) is 10.2. The van der Waals surface area contributed by atoms with Crippen LogP contribution < -0.4 is 5.32 Å². The van der Waals surface area contributed by atoms with Crippen molar-refractivity contribution >= 4 is 34.0 Å². The maximum Gasteiger partial charge on any atom is 0.270 e. The predicted molar refractivity (Wildman–Crippen MR) is 82.2 cm³/mol. The summed E-state index contributed by atoms with van der Waals surface area (Å²) in [5, 5.41) is 13.9. The molecular formula is C13H12IN3O2. The molecule has 98 valence electrons. The first-order valence-electron chi connectivity index (χ1n) is 5.73. The largest absolute Gasteiger partial charge is 0.384 e. The average molecular weight is 369 g/mol. The van der Waals surface area contributed by atoms with E-state index in [0.29, 0.717) is 0 Å². The molecule has 1 aromatic heterocycles. The number of nitrogens with one attached hydrogen (secondary N) is 1. The van der Waals surface area contributed by atoms with Crippen LogP contribution in [0.15, 0.2) is 42.7 Å². The second-order valence-corrected chi connectivity index (χ2v) is 5.12. The van der Waals surface area contributed by atoms with Gasteiger partial charge in [-0.1, -0.05) is 0 Å². The van der Waals surface area contributed by atoms with E-state index in [1.54, 1.807) is 24.5 Å². The number of rotatable bonds is 5. The highest BCUT2D eigenvalue weighted by Crippen LogP contribution is 2.23. The fourth-order valence-corrected chi connectivity index (χ4v) is 2.34. The lowest BCUT2D eigenvalue weighted by Crippen LogP contribution is -2.06. The minimum Gasteiger partial charge on any atom is -0.384 e. The Hall–Kier alpha value is -1.70. The highest BCUT2D eigenvalue weighted by molar-refractivity contribution is 14.1. The van der Waals surface area contributed by atoms with Crippen LogP contribution in [0.3, 0.4) is 0 Å².